The van der Waals surface area contributed by atoms with Gasteiger partial charge in [-0.15, -0.1) is 0 Å². The Morgan fingerprint density at radius 3 is 2.69 bits per heavy atom. The molecule has 3 nitrogen and oxygen atoms in total. The Morgan fingerprint density at radius 1 is 1.38 bits per heavy atom. The summed E-state index contributed by atoms with van der Waals surface area (Å²) in [4.78, 5) is 11.3. The molecule has 0 fully saturated rings. The van der Waals surface area contributed by atoms with Gasteiger partial charge in [0.15, 0.2) is 0 Å². The predicted molar refractivity (Wildman–Crippen MR) is 60.0 cm³/mol. The van der Waals surface area contributed by atoms with Gasteiger partial charge in [-0.3, -0.25) is 4.79 Å². The summed E-state index contributed by atoms with van der Waals surface area (Å²) >= 11 is 3.04. The lowest BCUT2D eigenvalue weighted by atomic mass is 10.1. The average molecular weight is 284 g/mol. The van der Waals surface area contributed by atoms with Crippen molar-refractivity contribution in [3.63, 3.8) is 0 Å². The van der Waals surface area contributed by atoms with E-state index in [1.807, 2.05) is 0 Å². The van der Waals surface area contributed by atoms with Gasteiger partial charge in [-0.1, -0.05) is 21.1 Å². The maximum absolute atomic E-state index is 12.7. The number of Topliss-reactive ketones (excluding diaryl/α,β-unsaturated/α-hetero) is 1. The smallest absolute Gasteiger partial charge is 0.211 e. The molecule has 82 valence electrons. The summed E-state index contributed by atoms with van der Waals surface area (Å²) in [6, 6.07) is 7.36. The minimum absolute atomic E-state index is 0.180. The molecular formula is C11H7BrFNO2. The van der Waals surface area contributed by atoms with E-state index < -0.39 is 0 Å². The van der Waals surface area contributed by atoms with Crippen molar-refractivity contribution in [2.24, 2.45) is 0 Å². The second-order valence-electron chi connectivity index (χ2n) is 3.14. The van der Waals surface area contributed by atoms with Gasteiger partial charge in [0.2, 0.25) is 11.5 Å². The van der Waals surface area contributed by atoms with Crippen LogP contribution in [0.5, 0.6) is 0 Å². The third kappa shape index (κ3) is 2.19. The largest absolute Gasteiger partial charge is 0.352 e. The SMILES string of the molecule is O=C(CBr)c1cc(-c2ccc(F)cc2)no1. The molecule has 0 N–H and O–H groups in total. The molecule has 1 heterocycles. The van der Waals surface area contributed by atoms with Crippen LogP contribution in [0.25, 0.3) is 11.3 Å². The number of hydrogen-bond donors (Lipinski definition) is 0. The normalized spacial score (nSPS) is 10.4. The van der Waals surface area contributed by atoms with Crippen molar-refractivity contribution in [1.29, 1.82) is 0 Å². The summed E-state index contributed by atoms with van der Waals surface area (Å²) < 4.78 is 17.6. The first-order valence-corrected chi connectivity index (χ1v) is 5.64. The third-order valence-corrected chi connectivity index (χ3v) is 2.56. The highest BCUT2D eigenvalue weighted by atomic mass is 79.9. The molecule has 0 amide bonds. The van der Waals surface area contributed by atoms with E-state index in [1.54, 1.807) is 12.1 Å². The number of alkyl halides is 1. The van der Waals surface area contributed by atoms with Crippen LogP contribution in [0.3, 0.4) is 0 Å². The van der Waals surface area contributed by atoms with Crippen LogP contribution in [0.1, 0.15) is 10.6 Å². The Bertz CT molecular complexity index is 507. The average Bonchev–Trinajstić information content (AvgIpc) is 2.78. The topological polar surface area (TPSA) is 43.1 Å². The molecule has 5 heteroatoms. The fraction of sp³-hybridized carbons (Fsp3) is 0.0909. The molecule has 0 saturated carbocycles. The van der Waals surface area contributed by atoms with E-state index in [2.05, 4.69) is 21.1 Å². The Kier molecular flexibility index (Phi) is 3.14. The number of hydrogen-bond acceptors (Lipinski definition) is 3. The van der Waals surface area contributed by atoms with Crippen LogP contribution in [-0.2, 0) is 0 Å². The highest BCUT2D eigenvalue weighted by molar-refractivity contribution is 9.09. The summed E-state index contributed by atoms with van der Waals surface area (Å²) in [6.45, 7) is 0. The van der Waals surface area contributed by atoms with Crippen molar-refractivity contribution in [2.45, 2.75) is 0 Å². The van der Waals surface area contributed by atoms with Gasteiger partial charge in [-0.05, 0) is 24.3 Å². The quantitative estimate of drug-likeness (QED) is 0.642. The second-order valence-corrected chi connectivity index (χ2v) is 3.70. The molecule has 0 saturated heterocycles. The number of benzene rings is 1. The zero-order chi connectivity index (χ0) is 11.5. The number of carbonyl (C=O) groups is 1. The fourth-order valence-electron chi connectivity index (χ4n) is 1.23. The van der Waals surface area contributed by atoms with E-state index in [0.29, 0.717) is 11.3 Å². The lowest BCUT2D eigenvalue weighted by Gasteiger charge is -1.93. The molecule has 0 spiro atoms. The van der Waals surface area contributed by atoms with E-state index in [0.717, 1.165) is 0 Å². The zero-order valence-electron chi connectivity index (χ0n) is 8.11. The zero-order valence-corrected chi connectivity index (χ0v) is 9.70. The van der Waals surface area contributed by atoms with Crippen LogP contribution >= 0.6 is 15.9 Å². The third-order valence-electron chi connectivity index (χ3n) is 2.05. The van der Waals surface area contributed by atoms with E-state index in [1.165, 1.54) is 18.2 Å². The van der Waals surface area contributed by atoms with E-state index in [9.17, 15) is 9.18 Å². The fourth-order valence-corrected chi connectivity index (χ4v) is 1.51. The molecule has 0 aliphatic carbocycles. The summed E-state index contributed by atoms with van der Waals surface area (Å²) in [5.74, 6) is -0.305. The molecule has 0 bridgehead atoms. The van der Waals surface area contributed by atoms with Crippen molar-refractivity contribution >= 4 is 21.7 Å². The number of halogens is 2. The first-order valence-electron chi connectivity index (χ1n) is 4.52. The molecule has 1 aromatic carbocycles. The van der Waals surface area contributed by atoms with Gasteiger partial charge in [0, 0.05) is 11.6 Å². The molecule has 0 aliphatic rings. The van der Waals surface area contributed by atoms with Crippen LogP contribution in [0, 0.1) is 5.82 Å². The van der Waals surface area contributed by atoms with E-state index in [4.69, 9.17) is 4.52 Å². The Labute approximate surface area is 99.4 Å². The molecule has 16 heavy (non-hydrogen) atoms. The van der Waals surface area contributed by atoms with Crippen LogP contribution < -0.4 is 0 Å². The molecule has 2 aromatic rings. The minimum atomic E-state index is -0.316. The van der Waals surface area contributed by atoms with Crippen molar-refractivity contribution in [3.05, 3.63) is 41.9 Å². The molecule has 0 atom stereocenters. The Balaban J connectivity index is 2.31. The number of nitrogens with zero attached hydrogens (tertiary/aromatic N) is 1. The van der Waals surface area contributed by atoms with Crippen LogP contribution in [-0.4, -0.2) is 16.3 Å². The maximum Gasteiger partial charge on any atom is 0.211 e. The summed E-state index contributed by atoms with van der Waals surface area (Å²) in [5.41, 5.74) is 1.23. The number of rotatable bonds is 3. The molecule has 1 aromatic heterocycles. The van der Waals surface area contributed by atoms with Gasteiger partial charge in [0.1, 0.15) is 11.5 Å². The van der Waals surface area contributed by atoms with Gasteiger partial charge in [0.05, 0.1) is 5.33 Å². The van der Waals surface area contributed by atoms with Gasteiger partial charge in [-0.2, -0.15) is 0 Å². The highest BCUT2D eigenvalue weighted by Gasteiger charge is 2.12. The van der Waals surface area contributed by atoms with Gasteiger partial charge in [0.25, 0.3) is 0 Å². The number of ketones is 1. The summed E-state index contributed by atoms with van der Waals surface area (Å²) in [5, 5.41) is 3.93. The standard InChI is InChI=1S/C11H7BrFNO2/c12-6-10(15)11-5-9(14-16-11)7-1-3-8(13)4-2-7/h1-5H,6H2. The molecule has 0 radical (unpaired) electrons. The predicted octanol–water partition coefficient (Wildman–Crippen LogP) is 3.06. The van der Waals surface area contributed by atoms with Gasteiger partial charge in [-0.25, -0.2) is 4.39 Å². The van der Waals surface area contributed by atoms with E-state index in [-0.39, 0.29) is 22.7 Å². The lowest BCUT2D eigenvalue weighted by Crippen LogP contribution is -1.96. The van der Waals surface area contributed by atoms with Crippen molar-refractivity contribution < 1.29 is 13.7 Å². The van der Waals surface area contributed by atoms with Crippen molar-refractivity contribution in [3.8, 4) is 11.3 Å². The second kappa shape index (κ2) is 4.57. The summed E-state index contributed by atoms with van der Waals surface area (Å²) in [7, 11) is 0. The highest BCUT2D eigenvalue weighted by Crippen LogP contribution is 2.19. The minimum Gasteiger partial charge on any atom is -0.352 e. The van der Waals surface area contributed by atoms with Gasteiger partial charge < -0.3 is 4.52 Å². The summed E-state index contributed by atoms with van der Waals surface area (Å²) in [6.07, 6.45) is 0. The van der Waals surface area contributed by atoms with Crippen LogP contribution in [0.2, 0.25) is 0 Å². The monoisotopic (exact) mass is 283 g/mol. The van der Waals surface area contributed by atoms with Crippen LogP contribution in [0.4, 0.5) is 4.39 Å². The molecule has 2 rings (SSSR count). The Morgan fingerprint density at radius 2 is 2.06 bits per heavy atom. The van der Waals surface area contributed by atoms with Crippen LogP contribution in [0.15, 0.2) is 34.9 Å². The van der Waals surface area contributed by atoms with E-state index >= 15 is 0 Å². The molecular weight excluding hydrogens is 277 g/mol. The molecule has 0 aliphatic heterocycles. The molecule has 0 unspecified atom stereocenters. The van der Waals surface area contributed by atoms with Crippen molar-refractivity contribution in [2.75, 3.05) is 5.33 Å². The first-order chi connectivity index (χ1) is 7.70. The Hall–Kier alpha value is -1.49. The number of carbonyl (C=O) groups excluding carboxylic acids is 1. The van der Waals surface area contributed by atoms with Gasteiger partial charge >= 0.3 is 0 Å². The maximum atomic E-state index is 12.7. The van der Waals surface area contributed by atoms with Crippen molar-refractivity contribution in [1.82, 2.24) is 5.16 Å². The number of aromatic nitrogens is 1. The first kappa shape index (κ1) is 11.0. The lowest BCUT2D eigenvalue weighted by molar-refractivity contribution is 0.0985.